The smallest absolute Gasteiger partial charge is 0.0210 e. The first-order valence-corrected chi connectivity index (χ1v) is 21.8. The molecule has 0 aromatic heterocycles. The van der Waals surface area contributed by atoms with Crippen molar-refractivity contribution in [1.82, 2.24) is 0 Å². The summed E-state index contributed by atoms with van der Waals surface area (Å²) in [6.07, 6.45) is 2.15. The molecule has 0 unspecified atom stereocenters. The van der Waals surface area contributed by atoms with Gasteiger partial charge in [0.15, 0.2) is 0 Å². The Bertz CT molecular complexity index is 3310. The fraction of sp³-hybridized carbons (Fsp3) is 0.133. The largest absolute Gasteiger partial charge is 0.0642 e. The van der Waals surface area contributed by atoms with Gasteiger partial charge in [0.25, 0.3) is 0 Å². The van der Waals surface area contributed by atoms with Gasteiger partial charge in [-0.2, -0.15) is 0 Å². The van der Waals surface area contributed by atoms with Crippen molar-refractivity contribution in [1.29, 1.82) is 0 Å². The van der Waals surface area contributed by atoms with E-state index in [9.17, 15) is 0 Å². The molecule has 10 aromatic carbocycles. The molecule has 10 aromatic rings. The van der Waals surface area contributed by atoms with Gasteiger partial charge < -0.3 is 0 Å². The van der Waals surface area contributed by atoms with Crippen LogP contribution in [0.1, 0.15) is 62.8 Å². The van der Waals surface area contributed by atoms with Crippen molar-refractivity contribution in [3.63, 3.8) is 0 Å². The monoisotopic (exact) mass is 766 g/mol. The SMILES string of the molecule is CCC1(CC)c2ccccc2-c2ccc(-c3c4ccccc4c(-c4c5ccccc5c(-c5ccc6c(c5)C(C)(C)c5ccccc5-6)c5ccccc45)c4ccccc34)cc21. The van der Waals surface area contributed by atoms with Gasteiger partial charge in [-0.15, -0.1) is 0 Å². The molecule has 12 rings (SSSR count). The Morgan fingerprint density at radius 1 is 0.300 bits per heavy atom. The van der Waals surface area contributed by atoms with Crippen LogP contribution in [-0.4, -0.2) is 0 Å². The van der Waals surface area contributed by atoms with Crippen molar-refractivity contribution < 1.29 is 0 Å². The van der Waals surface area contributed by atoms with Crippen molar-refractivity contribution >= 4 is 43.1 Å². The maximum Gasteiger partial charge on any atom is 0.0210 e. The van der Waals surface area contributed by atoms with Gasteiger partial charge in [-0.1, -0.05) is 198 Å². The van der Waals surface area contributed by atoms with E-state index in [1.165, 1.54) is 121 Å². The lowest BCUT2D eigenvalue weighted by molar-refractivity contribution is 0.490. The van der Waals surface area contributed by atoms with Crippen LogP contribution < -0.4 is 0 Å². The molecule has 0 saturated heterocycles. The fourth-order valence-corrected chi connectivity index (χ4v) is 11.9. The highest BCUT2D eigenvalue weighted by Gasteiger charge is 2.41. The first-order chi connectivity index (χ1) is 29.4. The second-order valence-corrected chi connectivity index (χ2v) is 17.7. The summed E-state index contributed by atoms with van der Waals surface area (Å²) in [7, 11) is 0. The van der Waals surface area contributed by atoms with Crippen LogP contribution in [0.15, 0.2) is 182 Å². The number of hydrogen-bond acceptors (Lipinski definition) is 0. The minimum Gasteiger partial charge on any atom is -0.0642 e. The summed E-state index contributed by atoms with van der Waals surface area (Å²) >= 11 is 0. The topological polar surface area (TPSA) is 0 Å². The van der Waals surface area contributed by atoms with Gasteiger partial charge in [-0.3, -0.25) is 0 Å². The van der Waals surface area contributed by atoms with E-state index < -0.39 is 0 Å². The second kappa shape index (κ2) is 12.9. The van der Waals surface area contributed by atoms with Crippen molar-refractivity contribution in [2.45, 2.75) is 51.4 Å². The summed E-state index contributed by atoms with van der Waals surface area (Å²) in [4.78, 5) is 0. The number of hydrogen-bond donors (Lipinski definition) is 0. The van der Waals surface area contributed by atoms with Gasteiger partial charge in [0.1, 0.15) is 0 Å². The van der Waals surface area contributed by atoms with Gasteiger partial charge in [0.05, 0.1) is 0 Å². The molecule has 0 N–H and O–H groups in total. The molecule has 2 aliphatic carbocycles. The Morgan fingerprint density at radius 3 is 1.05 bits per heavy atom. The third-order valence-electron chi connectivity index (χ3n) is 14.7. The summed E-state index contributed by atoms with van der Waals surface area (Å²) in [6, 6.07) is 69.3. The Kier molecular flexibility index (Phi) is 7.55. The lowest BCUT2D eigenvalue weighted by Crippen LogP contribution is -2.23. The minimum atomic E-state index is -0.0789. The highest BCUT2D eigenvalue weighted by Crippen LogP contribution is 2.56. The third-order valence-corrected chi connectivity index (χ3v) is 14.7. The average Bonchev–Trinajstić information content (AvgIpc) is 3.71. The van der Waals surface area contributed by atoms with Crippen LogP contribution >= 0.6 is 0 Å². The van der Waals surface area contributed by atoms with Gasteiger partial charge in [0.2, 0.25) is 0 Å². The molecule has 0 heteroatoms. The van der Waals surface area contributed by atoms with Crippen LogP contribution in [0.3, 0.4) is 0 Å². The first kappa shape index (κ1) is 35.2. The van der Waals surface area contributed by atoms with Gasteiger partial charge >= 0.3 is 0 Å². The van der Waals surface area contributed by atoms with Crippen molar-refractivity contribution in [3.8, 4) is 55.6 Å². The molecular weight excluding hydrogens is 721 g/mol. The van der Waals surface area contributed by atoms with Crippen LogP contribution in [0.25, 0.3) is 98.7 Å². The predicted molar refractivity (Wildman–Crippen MR) is 257 cm³/mol. The molecule has 0 nitrogen and oxygen atoms in total. The molecule has 0 amide bonds. The molecular formula is C60H46. The molecule has 60 heavy (non-hydrogen) atoms. The van der Waals surface area contributed by atoms with Gasteiger partial charge in [-0.05, 0) is 146 Å². The molecule has 0 bridgehead atoms. The van der Waals surface area contributed by atoms with E-state index in [4.69, 9.17) is 0 Å². The Labute approximate surface area is 352 Å². The maximum absolute atomic E-state index is 2.55. The maximum atomic E-state index is 2.55. The highest BCUT2D eigenvalue weighted by molar-refractivity contribution is 6.30. The Hall–Kier alpha value is -6.76. The standard InChI is InChI=1S/C60H46/c1-5-60(6-2)52-30-18-16-20-40(52)42-34-32-38(36-54(42)60)56-45-23-9-13-27-49(45)58(50-28-14-10-24-46(50)56)57-47-25-11-7-21-43(47)55(44-22-8-12-26-48(44)57)37-31-33-41-39-19-15-17-29-51(39)59(3,4)53(41)35-37/h7-36H,5-6H2,1-4H3. The lowest BCUT2D eigenvalue weighted by Gasteiger charge is -2.30. The normalized spacial score (nSPS) is 14.4. The van der Waals surface area contributed by atoms with E-state index in [1.54, 1.807) is 0 Å². The van der Waals surface area contributed by atoms with E-state index in [2.05, 4.69) is 210 Å². The van der Waals surface area contributed by atoms with E-state index in [0.717, 1.165) is 12.8 Å². The van der Waals surface area contributed by atoms with Crippen LogP contribution in [0.2, 0.25) is 0 Å². The number of fused-ring (bicyclic) bond motifs is 10. The minimum absolute atomic E-state index is 0.00558. The van der Waals surface area contributed by atoms with E-state index in [-0.39, 0.29) is 10.8 Å². The number of rotatable bonds is 5. The van der Waals surface area contributed by atoms with E-state index in [0.29, 0.717) is 0 Å². The molecule has 0 heterocycles. The molecule has 0 fully saturated rings. The Balaban J connectivity index is 1.14. The first-order valence-electron chi connectivity index (χ1n) is 21.8. The number of benzene rings is 10. The summed E-state index contributed by atoms with van der Waals surface area (Å²) in [5, 5.41) is 10.3. The average molecular weight is 767 g/mol. The zero-order valence-corrected chi connectivity index (χ0v) is 34.7. The van der Waals surface area contributed by atoms with Gasteiger partial charge in [0, 0.05) is 10.8 Å². The zero-order chi connectivity index (χ0) is 40.3. The van der Waals surface area contributed by atoms with E-state index >= 15 is 0 Å². The van der Waals surface area contributed by atoms with Crippen molar-refractivity contribution in [2.24, 2.45) is 0 Å². The summed E-state index contributed by atoms with van der Waals surface area (Å²) in [5.41, 5.74) is 19.0. The lowest BCUT2D eigenvalue weighted by atomic mass is 9.73. The van der Waals surface area contributed by atoms with Crippen LogP contribution in [0.5, 0.6) is 0 Å². The second-order valence-electron chi connectivity index (χ2n) is 17.7. The molecule has 0 spiro atoms. The molecule has 0 saturated carbocycles. The molecule has 286 valence electrons. The quantitative estimate of drug-likeness (QED) is 0.153. The third kappa shape index (κ3) is 4.62. The highest BCUT2D eigenvalue weighted by atomic mass is 14.4. The van der Waals surface area contributed by atoms with Crippen molar-refractivity contribution in [3.05, 3.63) is 204 Å². The molecule has 0 aliphatic heterocycles. The van der Waals surface area contributed by atoms with E-state index in [1.807, 2.05) is 0 Å². The van der Waals surface area contributed by atoms with Gasteiger partial charge in [-0.25, -0.2) is 0 Å². The summed E-state index contributed by atoms with van der Waals surface area (Å²) in [6.45, 7) is 9.50. The zero-order valence-electron chi connectivity index (χ0n) is 34.7. The van der Waals surface area contributed by atoms with Crippen molar-refractivity contribution in [2.75, 3.05) is 0 Å². The molecule has 0 atom stereocenters. The summed E-state index contributed by atoms with van der Waals surface area (Å²) in [5.74, 6) is 0. The molecule has 2 aliphatic rings. The van der Waals surface area contributed by atoms with Crippen LogP contribution in [0, 0.1) is 0 Å². The van der Waals surface area contributed by atoms with Crippen LogP contribution in [0.4, 0.5) is 0 Å². The molecule has 0 radical (unpaired) electrons. The predicted octanol–water partition coefficient (Wildman–Crippen LogP) is 16.7. The van der Waals surface area contributed by atoms with Crippen LogP contribution in [-0.2, 0) is 10.8 Å². The fourth-order valence-electron chi connectivity index (χ4n) is 11.9. The Morgan fingerprint density at radius 2 is 0.617 bits per heavy atom. The summed E-state index contributed by atoms with van der Waals surface area (Å²) < 4.78 is 0.